The van der Waals surface area contributed by atoms with E-state index >= 15 is 0 Å². The molecule has 2 aromatic carbocycles. The van der Waals surface area contributed by atoms with Gasteiger partial charge in [0.05, 0.1) is 5.75 Å². The first-order valence-electron chi connectivity index (χ1n) is 10.2. The maximum absolute atomic E-state index is 12.6. The number of rotatable bonds is 7. The van der Waals surface area contributed by atoms with Crippen LogP contribution in [0.3, 0.4) is 0 Å². The van der Waals surface area contributed by atoms with E-state index in [1.165, 1.54) is 23.1 Å². The number of halogens is 1. The van der Waals surface area contributed by atoms with Gasteiger partial charge >= 0.3 is 0 Å². The van der Waals surface area contributed by atoms with Crippen LogP contribution in [0.5, 0.6) is 0 Å². The number of anilines is 2. The second kappa shape index (κ2) is 10.0. The van der Waals surface area contributed by atoms with Crippen molar-refractivity contribution in [3.8, 4) is 0 Å². The topological polar surface area (TPSA) is 75.2 Å². The maximum Gasteiger partial charge on any atom is 0.236 e. The van der Waals surface area contributed by atoms with E-state index in [4.69, 9.17) is 11.6 Å². The Morgan fingerprint density at radius 1 is 1.19 bits per heavy atom. The minimum atomic E-state index is -0.119. The molecule has 0 saturated carbocycles. The van der Waals surface area contributed by atoms with E-state index in [-0.39, 0.29) is 17.7 Å². The van der Waals surface area contributed by atoms with Crippen molar-refractivity contribution in [3.05, 3.63) is 69.2 Å². The molecule has 0 bridgehead atoms. The maximum atomic E-state index is 12.6. The molecular formula is C23H23ClN4O2S2. The van der Waals surface area contributed by atoms with E-state index in [0.29, 0.717) is 28.9 Å². The lowest BCUT2D eigenvalue weighted by atomic mass is 10.1. The molecular weight excluding hydrogens is 464 g/mol. The molecule has 0 aliphatic carbocycles. The molecule has 1 aliphatic heterocycles. The van der Waals surface area contributed by atoms with E-state index in [2.05, 4.69) is 21.6 Å². The van der Waals surface area contributed by atoms with Crippen LogP contribution in [-0.2, 0) is 15.3 Å². The molecule has 1 saturated heterocycles. The minimum Gasteiger partial charge on any atom is -0.312 e. The zero-order chi connectivity index (χ0) is 22.7. The number of thioether (sulfide) groups is 1. The highest BCUT2D eigenvalue weighted by Crippen LogP contribution is 2.35. The molecule has 3 aromatic rings. The molecule has 1 fully saturated rings. The van der Waals surface area contributed by atoms with Crippen LogP contribution in [0, 0.1) is 13.8 Å². The Morgan fingerprint density at radius 3 is 2.62 bits per heavy atom. The quantitative estimate of drug-likeness (QED) is 0.496. The van der Waals surface area contributed by atoms with Gasteiger partial charge in [0, 0.05) is 35.3 Å². The van der Waals surface area contributed by atoms with E-state index in [9.17, 15) is 9.59 Å². The third kappa shape index (κ3) is 5.68. The van der Waals surface area contributed by atoms with E-state index < -0.39 is 0 Å². The van der Waals surface area contributed by atoms with Gasteiger partial charge in [0.1, 0.15) is 5.01 Å². The number of aromatic nitrogens is 2. The summed E-state index contributed by atoms with van der Waals surface area (Å²) in [6, 6.07) is 13.7. The Hall–Kier alpha value is -2.42. The average molecular weight is 487 g/mol. The molecule has 1 aromatic heterocycles. The number of benzene rings is 2. The summed E-state index contributed by atoms with van der Waals surface area (Å²) in [6.07, 6.45) is 0.395. The summed E-state index contributed by atoms with van der Waals surface area (Å²) in [5.41, 5.74) is 4.30. The molecule has 9 heteroatoms. The Morgan fingerprint density at radius 2 is 1.91 bits per heavy atom. The Labute approximate surface area is 200 Å². The van der Waals surface area contributed by atoms with Crippen LogP contribution in [0.25, 0.3) is 0 Å². The summed E-state index contributed by atoms with van der Waals surface area (Å²) in [5.74, 6) is 0.987. The van der Waals surface area contributed by atoms with Crippen LogP contribution in [0.4, 0.5) is 10.8 Å². The molecule has 4 rings (SSSR count). The van der Waals surface area contributed by atoms with E-state index in [1.807, 2.05) is 55.1 Å². The molecule has 0 spiro atoms. The second-order valence-corrected chi connectivity index (χ2v) is 10.3. The predicted molar refractivity (Wildman–Crippen MR) is 132 cm³/mol. The first-order valence-corrected chi connectivity index (χ1v) is 12.6. The minimum absolute atomic E-state index is 0.0225. The van der Waals surface area contributed by atoms with Gasteiger partial charge in [-0.1, -0.05) is 41.1 Å². The Balaban J connectivity index is 1.31. The van der Waals surface area contributed by atoms with Gasteiger partial charge in [-0.05, 0) is 54.8 Å². The molecule has 166 valence electrons. The Bertz CT molecular complexity index is 1110. The number of aryl methyl sites for hydroxylation is 2. The monoisotopic (exact) mass is 486 g/mol. The molecule has 1 aliphatic rings. The lowest BCUT2D eigenvalue weighted by Crippen LogP contribution is -2.24. The summed E-state index contributed by atoms with van der Waals surface area (Å²) in [7, 11) is 0. The highest BCUT2D eigenvalue weighted by molar-refractivity contribution is 7.99. The number of nitrogens with zero attached hydrogens (tertiary/aromatic N) is 3. The SMILES string of the molecule is Cc1cc(C)cc(N2CC(c3nnc(NC(=O)CSCc4ccc(Cl)cc4)s3)CC2=O)c1. The van der Waals surface area contributed by atoms with E-state index in [0.717, 1.165) is 33.1 Å². The molecule has 1 atom stereocenters. The van der Waals surface area contributed by atoms with Crippen LogP contribution in [0.1, 0.15) is 34.0 Å². The summed E-state index contributed by atoms with van der Waals surface area (Å²) < 4.78 is 0. The van der Waals surface area contributed by atoms with Crippen molar-refractivity contribution in [2.45, 2.75) is 31.9 Å². The average Bonchev–Trinajstić information content (AvgIpc) is 3.35. The highest BCUT2D eigenvalue weighted by Gasteiger charge is 2.34. The van der Waals surface area contributed by atoms with Gasteiger partial charge in [0.25, 0.3) is 0 Å². The van der Waals surface area contributed by atoms with Crippen LogP contribution in [-0.4, -0.2) is 34.3 Å². The number of nitrogens with one attached hydrogen (secondary N) is 1. The first-order chi connectivity index (χ1) is 15.4. The fourth-order valence-electron chi connectivity index (χ4n) is 3.68. The number of hydrogen-bond donors (Lipinski definition) is 1. The van der Waals surface area contributed by atoms with Crippen molar-refractivity contribution in [1.82, 2.24) is 10.2 Å². The van der Waals surface area contributed by atoms with Crippen molar-refractivity contribution < 1.29 is 9.59 Å². The van der Waals surface area contributed by atoms with Crippen molar-refractivity contribution >= 4 is 57.3 Å². The molecule has 2 heterocycles. The smallest absolute Gasteiger partial charge is 0.236 e. The Kier molecular flexibility index (Phi) is 7.13. The van der Waals surface area contributed by atoms with Crippen LogP contribution < -0.4 is 10.2 Å². The number of carbonyl (C=O) groups excluding carboxylic acids is 2. The summed E-state index contributed by atoms with van der Waals surface area (Å²) in [6.45, 7) is 4.63. The lowest BCUT2D eigenvalue weighted by molar-refractivity contribution is -0.117. The van der Waals surface area contributed by atoms with Gasteiger partial charge in [-0.2, -0.15) is 0 Å². The normalized spacial score (nSPS) is 15.9. The van der Waals surface area contributed by atoms with Gasteiger partial charge in [-0.3, -0.25) is 14.9 Å². The zero-order valence-corrected chi connectivity index (χ0v) is 20.2. The third-order valence-electron chi connectivity index (χ3n) is 5.09. The summed E-state index contributed by atoms with van der Waals surface area (Å²) in [5, 5.41) is 13.1. The molecule has 2 amide bonds. The molecule has 6 nitrogen and oxygen atoms in total. The number of amides is 2. The number of hydrogen-bond acceptors (Lipinski definition) is 6. The second-order valence-electron chi connectivity index (χ2n) is 7.86. The van der Waals surface area contributed by atoms with Crippen LogP contribution in [0.15, 0.2) is 42.5 Å². The number of carbonyl (C=O) groups is 2. The van der Waals surface area contributed by atoms with Crippen LogP contribution >= 0.6 is 34.7 Å². The highest BCUT2D eigenvalue weighted by atomic mass is 35.5. The zero-order valence-electron chi connectivity index (χ0n) is 17.8. The fourth-order valence-corrected chi connectivity index (χ4v) is 5.44. The van der Waals surface area contributed by atoms with Crippen molar-refractivity contribution in [2.24, 2.45) is 0 Å². The van der Waals surface area contributed by atoms with Gasteiger partial charge in [0.15, 0.2) is 0 Å². The largest absolute Gasteiger partial charge is 0.312 e. The first kappa shape index (κ1) is 22.8. The molecule has 1 unspecified atom stereocenters. The van der Waals surface area contributed by atoms with Crippen molar-refractivity contribution in [2.75, 3.05) is 22.5 Å². The molecule has 0 radical (unpaired) electrons. The molecule has 1 N–H and O–H groups in total. The standard InChI is InChI=1S/C23H23ClN4O2S2/c1-14-7-15(2)9-19(8-14)28-11-17(10-21(28)30)22-26-27-23(32-22)25-20(29)13-31-12-16-3-5-18(24)6-4-16/h3-9,17H,10-13H2,1-2H3,(H,25,27,29). The van der Waals surface area contributed by atoms with Gasteiger partial charge in [0.2, 0.25) is 16.9 Å². The van der Waals surface area contributed by atoms with Crippen molar-refractivity contribution in [3.63, 3.8) is 0 Å². The summed E-state index contributed by atoms with van der Waals surface area (Å²) >= 11 is 8.75. The molecule has 32 heavy (non-hydrogen) atoms. The lowest BCUT2D eigenvalue weighted by Gasteiger charge is -2.17. The third-order valence-corrected chi connectivity index (χ3v) is 7.35. The van der Waals surface area contributed by atoms with Gasteiger partial charge in [-0.25, -0.2) is 0 Å². The van der Waals surface area contributed by atoms with Gasteiger partial charge in [-0.15, -0.1) is 22.0 Å². The van der Waals surface area contributed by atoms with Gasteiger partial charge < -0.3 is 4.90 Å². The van der Waals surface area contributed by atoms with Crippen molar-refractivity contribution in [1.29, 1.82) is 0 Å². The predicted octanol–water partition coefficient (Wildman–Crippen LogP) is 5.20. The fraction of sp³-hybridized carbons (Fsp3) is 0.304. The van der Waals surface area contributed by atoms with Crippen LogP contribution in [0.2, 0.25) is 5.02 Å². The summed E-state index contributed by atoms with van der Waals surface area (Å²) in [4.78, 5) is 26.7. The van der Waals surface area contributed by atoms with E-state index in [1.54, 1.807) is 0 Å².